The predicted molar refractivity (Wildman–Crippen MR) is 138 cm³/mol. The van der Waals surface area contributed by atoms with Crippen LogP contribution >= 0.6 is 0 Å². The first-order valence-corrected chi connectivity index (χ1v) is 14.0. The molecule has 9 heteroatoms. The van der Waals surface area contributed by atoms with Crippen molar-refractivity contribution in [2.24, 2.45) is 5.41 Å². The van der Waals surface area contributed by atoms with E-state index < -0.39 is 15.9 Å². The average molecular weight is 498 g/mol. The van der Waals surface area contributed by atoms with Gasteiger partial charge in [0.05, 0.1) is 17.6 Å². The lowest BCUT2D eigenvalue weighted by atomic mass is 9.76. The van der Waals surface area contributed by atoms with Crippen LogP contribution in [-0.4, -0.2) is 40.6 Å². The molecule has 0 atom stereocenters. The van der Waals surface area contributed by atoms with Crippen LogP contribution in [0.2, 0.25) is 0 Å². The Balaban J connectivity index is 1.58. The molecule has 2 heterocycles. The number of amides is 1. The van der Waals surface area contributed by atoms with E-state index in [1.165, 1.54) is 11.3 Å². The molecule has 0 bridgehead atoms. The van der Waals surface area contributed by atoms with Gasteiger partial charge in [-0.2, -0.15) is 10.2 Å². The number of aromatic nitrogens is 4. The second-order valence-corrected chi connectivity index (χ2v) is 12.2. The molecule has 35 heavy (non-hydrogen) atoms. The van der Waals surface area contributed by atoms with Gasteiger partial charge in [0.2, 0.25) is 15.9 Å². The molecular weight excluding hydrogens is 462 g/mol. The number of nitrogens with zero attached hydrogens (tertiary/aromatic N) is 3. The SMILES string of the molecule is CCn1nc(-c2cc(-c3cc(C)c(CCC(=O)NS(C)(=O)=O)c(C)c3)n[nH]2)c2c1CC(C)(C)CC2. The molecule has 1 amide bonds. The van der Waals surface area contributed by atoms with Crippen molar-refractivity contribution < 1.29 is 13.2 Å². The van der Waals surface area contributed by atoms with Crippen LogP contribution < -0.4 is 4.72 Å². The minimum absolute atomic E-state index is 0.114. The number of nitrogens with one attached hydrogen (secondary N) is 2. The van der Waals surface area contributed by atoms with Gasteiger partial charge in [-0.25, -0.2) is 8.42 Å². The summed E-state index contributed by atoms with van der Waals surface area (Å²) in [5.74, 6) is -0.495. The van der Waals surface area contributed by atoms with Crippen LogP contribution in [0.15, 0.2) is 18.2 Å². The van der Waals surface area contributed by atoms with Gasteiger partial charge in [0.15, 0.2) is 0 Å². The van der Waals surface area contributed by atoms with E-state index in [0.29, 0.717) is 11.8 Å². The zero-order valence-corrected chi connectivity index (χ0v) is 22.3. The molecule has 188 valence electrons. The van der Waals surface area contributed by atoms with Crippen molar-refractivity contribution in [1.82, 2.24) is 24.7 Å². The number of carbonyl (C=O) groups is 1. The Bertz CT molecular complexity index is 1360. The molecule has 0 fully saturated rings. The van der Waals surface area contributed by atoms with E-state index in [2.05, 4.69) is 53.8 Å². The number of sulfonamides is 1. The Morgan fingerprint density at radius 1 is 1.20 bits per heavy atom. The van der Waals surface area contributed by atoms with Crippen LogP contribution in [0.5, 0.6) is 0 Å². The maximum absolute atomic E-state index is 11.9. The van der Waals surface area contributed by atoms with E-state index in [-0.39, 0.29) is 6.42 Å². The highest BCUT2D eigenvalue weighted by atomic mass is 32.2. The summed E-state index contributed by atoms with van der Waals surface area (Å²) in [4.78, 5) is 11.9. The molecule has 0 spiro atoms. The first-order valence-electron chi connectivity index (χ1n) is 12.1. The number of rotatable bonds is 7. The van der Waals surface area contributed by atoms with Gasteiger partial charge in [-0.3, -0.25) is 19.3 Å². The van der Waals surface area contributed by atoms with Gasteiger partial charge in [0.25, 0.3) is 0 Å². The second kappa shape index (κ2) is 9.26. The van der Waals surface area contributed by atoms with E-state index in [1.807, 2.05) is 18.6 Å². The Labute approximate surface area is 207 Å². The fraction of sp³-hybridized carbons (Fsp3) is 0.500. The number of fused-ring (bicyclic) bond motifs is 1. The smallest absolute Gasteiger partial charge is 0.233 e. The molecule has 4 rings (SSSR count). The first kappa shape index (κ1) is 25.2. The van der Waals surface area contributed by atoms with E-state index in [1.54, 1.807) is 0 Å². The minimum atomic E-state index is -3.54. The highest BCUT2D eigenvalue weighted by Crippen LogP contribution is 2.39. The standard InChI is InChI=1S/C26H35N5O3S/c1-7-31-23-15-26(4,5)11-10-20(23)25(29-31)22-14-21(27-28-22)18-12-16(2)19(17(3)13-18)8-9-24(32)30-35(6,33)34/h12-14H,7-11,15H2,1-6H3,(H,27,28)(H,30,32). The number of benzene rings is 1. The predicted octanol–water partition coefficient (Wildman–Crippen LogP) is 4.10. The van der Waals surface area contributed by atoms with Crippen LogP contribution in [0.4, 0.5) is 0 Å². The maximum atomic E-state index is 11.9. The van der Waals surface area contributed by atoms with Crippen molar-refractivity contribution in [3.8, 4) is 22.6 Å². The lowest BCUT2D eigenvalue weighted by Gasteiger charge is -2.30. The second-order valence-electron chi connectivity index (χ2n) is 10.5. The normalized spacial score (nSPS) is 15.1. The zero-order valence-electron chi connectivity index (χ0n) is 21.4. The number of carbonyl (C=O) groups excluding carboxylic acids is 1. The van der Waals surface area contributed by atoms with Gasteiger partial charge in [0, 0.05) is 29.8 Å². The molecular formula is C26H35N5O3S. The summed E-state index contributed by atoms with van der Waals surface area (Å²) in [5, 5.41) is 12.7. The van der Waals surface area contributed by atoms with Gasteiger partial charge in [-0.15, -0.1) is 0 Å². The molecule has 1 aliphatic carbocycles. The summed E-state index contributed by atoms with van der Waals surface area (Å²) < 4.78 is 26.7. The highest BCUT2D eigenvalue weighted by Gasteiger charge is 2.31. The zero-order chi connectivity index (χ0) is 25.5. The van der Waals surface area contributed by atoms with Gasteiger partial charge in [-0.1, -0.05) is 13.8 Å². The van der Waals surface area contributed by atoms with Crippen molar-refractivity contribution >= 4 is 15.9 Å². The van der Waals surface area contributed by atoms with Crippen LogP contribution in [0, 0.1) is 19.3 Å². The van der Waals surface area contributed by atoms with Gasteiger partial charge >= 0.3 is 0 Å². The summed E-state index contributed by atoms with van der Waals surface area (Å²) >= 11 is 0. The molecule has 8 nitrogen and oxygen atoms in total. The molecule has 0 aliphatic heterocycles. The molecule has 1 aliphatic rings. The number of hydrogen-bond acceptors (Lipinski definition) is 5. The maximum Gasteiger partial charge on any atom is 0.233 e. The fourth-order valence-corrected chi connectivity index (χ4v) is 5.62. The minimum Gasteiger partial charge on any atom is -0.276 e. The average Bonchev–Trinajstić information content (AvgIpc) is 3.35. The number of hydrogen-bond donors (Lipinski definition) is 2. The van der Waals surface area contributed by atoms with Gasteiger partial charge in [0.1, 0.15) is 5.69 Å². The van der Waals surface area contributed by atoms with Crippen LogP contribution in [0.1, 0.15) is 61.6 Å². The Morgan fingerprint density at radius 2 is 1.89 bits per heavy atom. The molecule has 0 radical (unpaired) electrons. The summed E-state index contributed by atoms with van der Waals surface area (Å²) in [6, 6.07) is 6.20. The number of H-pyrrole nitrogens is 1. The molecule has 3 aromatic rings. The number of aromatic amines is 1. The van der Waals surface area contributed by atoms with Crippen molar-refractivity contribution in [3.63, 3.8) is 0 Å². The molecule has 2 aromatic heterocycles. The quantitative estimate of drug-likeness (QED) is 0.511. The lowest BCUT2D eigenvalue weighted by Crippen LogP contribution is -2.29. The Morgan fingerprint density at radius 3 is 2.51 bits per heavy atom. The summed E-state index contributed by atoms with van der Waals surface area (Å²) in [5.41, 5.74) is 9.88. The molecule has 0 saturated heterocycles. The lowest BCUT2D eigenvalue weighted by molar-refractivity contribution is -0.119. The van der Waals surface area contributed by atoms with Crippen molar-refractivity contribution in [3.05, 3.63) is 46.1 Å². The van der Waals surface area contributed by atoms with E-state index >= 15 is 0 Å². The van der Waals surface area contributed by atoms with Crippen LogP contribution in [-0.2, 0) is 40.6 Å². The first-order chi connectivity index (χ1) is 16.4. The van der Waals surface area contributed by atoms with E-state index in [9.17, 15) is 13.2 Å². The van der Waals surface area contributed by atoms with Crippen molar-refractivity contribution in [1.29, 1.82) is 0 Å². The highest BCUT2D eigenvalue weighted by molar-refractivity contribution is 7.89. The molecule has 1 aromatic carbocycles. The van der Waals surface area contributed by atoms with E-state index in [0.717, 1.165) is 71.4 Å². The number of aryl methyl sites for hydroxylation is 3. The van der Waals surface area contributed by atoms with E-state index in [4.69, 9.17) is 5.10 Å². The molecule has 0 saturated carbocycles. The summed E-state index contributed by atoms with van der Waals surface area (Å²) in [6.45, 7) is 11.6. The summed E-state index contributed by atoms with van der Waals surface area (Å²) in [6.07, 6.45) is 4.77. The third-order valence-electron chi connectivity index (χ3n) is 6.89. The van der Waals surface area contributed by atoms with Gasteiger partial charge < -0.3 is 0 Å². The largest absolute Gasteiger partial charge is 0.276 e. The molecule has 2 N–H and O–H groups in total. The monoisotopic (exact) mass is 497 g/mol. The van der Waals surface area contributed by atoms with Crippen LogP contribution in [0.3, 0.4) is 0 Å². The van der Waals surface area contributed by atoms with Crippen LogP contribution in [0.25, 0.3) is 22.6 Å². The van der Waals surface area contributed by atoms with Gasteiger partial charge in [-0.05, 0) is 86.8 Å². The fourth-order valence-electron chi connectivity index (χ4n) is 5.10. The molecule has 0 unspecified atom stereocenters. The third-order valence-corrected chi connectivity index (χ3v) is 7.49. The Kier molecular flexibility index (Phi) is 6.66. The Hall–Kier alpha value is -2.94. The third kappa shape index (κ3) is 5.50. The van der Waals surface area contributed by atoms with Crippen molar-refractivity contribution in [2.75, 3.05) is 6.26 Å². The topological polar surface area (TPSA) is 110 Å². The summed E-state index contributed by atoms with van der Waals surface area (Å²) in [7, 11) is -3.54. The van der Waals surface area contributed by atoms with Crippen molar-refractivity contribution in [2.45, 2.75) is 73.3 Å².